The smallest absolute Gasteiger partial charge is 0.165 e. The minimum Gasteiger partial charge on any atom is -0.294 e. The van der Waals surface area contributed by atoms with E-state index in [9.17, 15) is 4.79 Å². The van der Waals surface area contributed by atoms with Gasteiger partial charge in [0.2, 0.25) is 0 Å². The molecule has 2 nitrogen and oxygen atoms in total. The van der Waals surface area contributed by atoms with Crippen LogP contribution in [-0.2, 0) is 0 Å². The second-order valence-electron chi connectivity index (χ2n) is 4.74. The lowest BCUT2D eigenvalue weighted by atomic mass is 9.99. The van der Waals surface area contributed by atoms with Crippen molar-refractivity contribution in [1.29, 1.82) is 0 Å². The van der Waals surface area contributed by atoms with Crippen molar-refractivity contribution < 1.29 is 4.79 Å². The molecule has 0 spiro atoms. The van der Waals surface area contributed by atoms with Crippen molar-refractivity contribution in [1.82, 2.24) is 4.98 Å². The summed E-state index contributed by atoms with van der Waals surface area (Å²) in [6.07, 6.45) is 3.27. The number of hydrogen-bond donors (Lipinski definition) is 0. The molecule has 0 bridgehead atoms. The van der Waals surface area contributed by atoms with Gasteiger partial charge in [0.25, 0.3) is 0 Å². The summed E-state index contributed by atoms with van der Waals surface area (Å²) in [7, 11) is 0. The summed E-state index contributed by atoms with van der Waals surface area (Å²) < 4.78 is 0. The number of Topliss-reactive ketones (excluding diaryl/α,β-unsaturated/α-hetero) is 1. The van der Waals surface area contributed by atoms with E-state index in [0.717, 1.165) is 22.9 Å². The van der Waals surface area contributed by atoms with Crippen molar-refractivity contribution in [2.45, 2.75) is 26.7 Å². The molecule has 0 fully saturated rings. The van der Waals surface area contributed by atoms with E-state index in [1.165, 1.54) is 0 Å². The molecule has 0 amide bonds. The predicted molar refractivity (Wildman–Crippen MR) is 70.1 cm³/mol. The Morgan fingerprint density at radius 3 is 2.76 bits per heavy atom. The van der Waals surface area contributed by atoms with Gasteiger partial charge in [-0.15, -0.1) is 0 Å². The summed E-state index contributed by atoms with van der Waals surface area (Å²) in [5, 5.41) is 1.03. The minimum absolute atomic E-state index is 0.197. The lowest BCUT2D eigenvalue weighted by molar-refractivity contribution is 0.0977. The third-order valence-corrected chi connectivity index (χ3v) is 2.88. The van der Waals surface area contributed by atoms with Crippen LogP contribution in [0.25, 0.3) is 10.9 Å². The van der Waals surface area contributed by atoms with E-state index < -0.39 is 0 Å². The summed E-state index contributed by atoms with van der Waals surface area (Å²) >= 11 is 0. The largest absolute Gasteiger partial charge is 0.294 e. The van der Waals surface area contributed by atoms with Crippen molar-refractivity contribution in [2.75, 3.05) is 0 Å². The number of nitrogens with zero attached hydrogens (tertiary/aromatic N) is 1. The molecule has 0 saturated carbocycles. The number of para-hydroxylation sites is 1. The number of rotatable bonds is 4. The summed E-state index contributed by atoms with van der Waals surface area (Å²) in [5.74, 6) is 0.755. The normalized spacial score (nSPS) is 11.0. The van der Waals surface area contributed by atoms with Gasteiger partial charge in [-0.2, -0.15) is 0 Å². The molecule has 0 radical (unpaired) electrons. The topological polar surface area (TPSA) is 30.0 Å². The van der Waals surface area contributed by atoms with Crippen LogP contribution in [0.3, 0.4) is 0 Å². The van der Waals surface area contributed by atoms with Gasteiger partial charge in [0.15, 0.2) is 5.78 Å². The second-order valence-corrected chi connectivity index (χ2v) is 4.74. The number of carbonyl (C=O) groups excluding carboxylic acids is 1. The molecule has 0 aliphatic heterocycles. The fourth-order valence-corrected chi connectivity index (χ4v) is 1.88. The van der Waals surface area contributed by atoms with E-state index in [-0.39, 0.29) is 5.78 Å². The van der Waals surface area contributed by atoms with Gasteiger partial charge in [-0.3, -0.25) is 9.78 Å². The van der Waals surface area contributed by atoms with Crippen LogP contribution in [0, 0.1) is 5.92 Å². The van der Waals surface area contributed by atoms with E-state index in [1.54, 1.807) is 6.20 Å². The van der Waals surface area contributed by atoms with Crippen molar-refractivity contribution in [3.8, 4) is 0 Å². The Morgan fingerprint density at radius 1 is 1.24 bits per heavy atom. The molecule has 2 rings (SSSR count). The lowest BCUT2D eigenvalue weighted by Gasteiger charge is -2.06. The Labute approximate surface area is 102 Å². The van der Waals surface area contributed by atoms with Gasteiger partial charge in [-0.25, -0.2) is 0 Å². The standard InChI is InChI=1S/C15H17NO/c1-11(2)8-9-14(17)13-7-3-5-12-6-4-10-16-15(12)13/h3-7,10-11H,8-9H2,1-2H3. The molecule has 0 aliphatic rings. The summed E-state index contributed by atoms with van der Waals surface area (Å²) in [4.78, 5) is 16.4. The zero-order valence-corrected chi connectivity index (χ0v) is 10.3. The molecule has 1 heterocycles. The van der Waals surface area contributed by atoms with Gasteiger partial charge in [-0.1, -0.05) is 32.0 Å². The van der Waals surface area contributed by atoms with Crippen LogP contribution in [0.4, 0.5) is 0 Å². The number of benzene rings is 1. The summed E-state index contributed by atoms with van der Waals surface area (Å²) in [6, 6.07) is 9.67. The van der Waals surface area contributed by atoms with Crippen LogP contribution in [0.2, 0.25) is 0 Å². The molecular formula is C15H17NO. The maximum atomic E-state index is 12.1. The number of ketones is 1. The molecule has 1 aromatic heterocycles. The van der Waals surface area contributed by atoms with Crippen LogP contribution in [-0.4, -0.2) is 10.8 Å². The minimum atomic E-state index is 0.197. The summed E-state index contributed by atoms with van der Waals surface area (Å²) in [6.45, 7) is 4.27. The lowest BCUT2D eigenvalue weighted by Crippen LogP contribution is -2.02. The van der Waals surface area contributed by atoms with Crippen LogP contribution < -0.4 is 0 Å². The first kappa shape index (κ1) is 11.8. The third-order valence-electron chi connectivity index (χ3n) is 2.88. The predicted octanol–water partition coefficient (Wildman–Crippen LogP) is 3.85. The number of fused-ring (bicyclic) bond motifs is 1. The van der Waals surface area contributed by atoms with Crippen molar-refractivity contribution in [3.05, 3.63) is 42.1 Å². The Kier molecular flexibility index (Phi) is 3.52. The maximum Gasteiger partial charge on any atom is 0.165 e. The molecule has 0 atom stereocenters. The zero-order valence-electron chi connectivity index (χ0n) is 10.3. The van der Waals surface area contributed by atoms with Gasteiger partial charge in [0.05, 0.1) is 5.52 Å². The molecule has 17 heavy (non-hydrogen) atoms. The number of carbonyl (C=O) groups is 1. The van der Waals surface area contributed by atoms with Crippen molar-refractivity contribution in [2.24, 2.45) is 5.92 Å². The van der Waals surface area contributed by atoms with E-state index in [1.807, 2.05) is 30.3 Å². The highest BCUT2D eigenvalue weighted by atomic mass is 16.1. The Morgan fingerprint density at radius 2 is 2.00 bits per heavy atom. The first-order valence-corrected chi connectivity index (χ1v) is 6.05. The summed E-state index contributed by atoms with van der Waals surface area (Å²) in [5.41, 5.74) is 1.58. The fraction of sp³-hybridized carbons (Fsp3) is 0.333. The van der Waals surface area contributed by atoms with Gasteiger partial charge in [0, 0.05) is 23.6 Å². The third kappa shape index (κ3) is 2.70. The van der Waals surface area contributed by atoms with Crippen LogP contribution in [0.1, 0.15) is 37.0 Å². The zero-order chi connectivity index (χ0) is 12.3. The van der Waals surface area contributed by atoms with E-state index in [0.29, 0.717) is 12.3 Å². The monoisotopic (exact) mass is 227 g/mol. The average Bonchev–Trinajstić information content (AvgIpc) is 2.35. The first-order chi connectivity index (χ1) is 8.18. The van der Waals surface area contributed by atoms with Crippen molar-refractivity contribution >= 4 is 16.7 Å². The Balaban J connectivity index is 2.32. The molecule has 88 valence electrons. The average molecular weight is 227 g/mol. The molecule has 0 saturated heterocycles. The van der Waals surface area contributed by atoms with Crippen LogP contribution in [0.15, 0.2) is 36.5 Å². The van der Waals surface area contributed by atoms with Gasteiger partial charge < -0.3 is 0 Å². The highest BCUT2D eigenvalue weighted by Crippen LogP contribution is 2.18. The number of aromatic nitrogens is 1. The highest BCUT2D eigenvalue weighted by Gasteiger charge is 2.11. The molecule has 2 heteroatoms. The fourth-order valence-electron chi connectivity index (χ4n) is 1.88. The van der Waals surface area contributed by atoms with Crippen LogP contribution in [0.5, 0.6) is 0 Å². The highest BCUT2D eigenvalue weighted by molar-refractivity contribution is 6.06. The van der Waals surface area contributed by atoms with Gasteiger partial charge >= 0.3 is 0 Å². The molecule has 2 aromatic rings. The molecule has 1 aromatic carbocycles. The number of pyridine rings is 1. The molecule has 0 unspecified atom stereocenters. The van der Waals surface area contributed by atoms with Gasteiger partial charge in [0.1, 0.15) is 0 Å². The van der Waals surface area contributed by atoms with E-state index in [4.69, 9.17) is 0 Å². The van der Waals surface area contributed by atoms with Crippen LogP contribution >= 0.6 is 0 Å². The van der Waals surface area contributed by atoms with Gasteiger partial charge in [-0.05, 0) is 24.5 Å². The second kappa shape index (κ2) is 5.09. The quantitative estimate of drug-likeness (QED) is 0.742. The molecule has 0 aliphatic carbocycles. The van der Waals surface area contributed by atoms with E-state index in [2.05, 4.69) is 18.8 Å². The van der Waals surface area contributed by atoms with Crippen molar-refractivity contribution in [3.63, 3.8) is 0 Å². The maximum absolute atomic E-state index is 12.1. The Hall–Kier alpha value is -1.70. The van der Waals surface area contributed by atoms with E-state index >= 15 is 0 Å². The molecule has 0 N–H and O–H groups in total. The Bertz CT molecular complexity index is 526. The SMILES string of the molecule is CC(C)CCC(=O)c1cccc2cccnc12. The first-order valence-electron chi connectivity index (χ1n) is 6.05. The number of hydrogen-bond acceptors (Lipinski definition) is 2. The molecular weight excluding hydrogens is 210 g/mol.